The third-order valence-corrected chi connectivity index (χ3v) is 7.78. The number of para-hydroxylation sites is 1. The fraction of sp³-hybridized carbons (Fsp3) is 0.556. The van der Waals surface area contributed by atoms with Crippen LogP contribution in [0.2, 0.25) is 0 Å². The summed E-state index contributed by atoms with van der Waals surface area (Å²) in [5.41, 5.74) is 0.609. The largest absolute Gasteiger partial charge is 0.384 e. The number of nitrogens with zero attached hydrogens (tertiary/aromatic N) is 3. The maximum atomic E-state index is 13.1. The predicted molar refractivity (Wildman–Crippen MR) is 84.1 cm³/mol. The molecule has 6 nitrogen and oxygen atoms in total. The van der Waals surface area contributed by atoms with Crippen molar-refractivity contribution in [1.29, 1.82) is 0 Å². The monoisotopic (exact) mass is 323 g/mol. The number of benzene rings is 1. The molecule has 0 unspecified atom stereocenters. The van der Waals surface area contributed by atoms with Crippen LogP contribution in [0.4, 0.5) is 0 Å². The van der Waals surface area contributed by atoms with Gasteiger partial charge in [0, 0.05) is 12.5 Å². The van der Waals surface area contributed by atoms with Crippen LogP contribution in [0, 0.1) is 35.0 Å². The van der Waals surface area contributed by atoms with Crippen LogP contribution < -0.4 is 11.4 Å². The van der Waals surface area contributed by atoms with E-state index in [9.17, 15) is 9.59 Å². The summed E-state index contributed by atoms with van der Waals surface area (Å²) in [4.78, 5) is 26.2. The summed E-state index contributed by atoms with van der Waals surface area (Å²) in [6.45, 7) is 0.791. The maximum absolute atomic E-state index is 13.1. The predicted octanol–water partition coefficient (Wildman–Crippen LogP) is 0.665. The molecule has 122 valence electrons. The van der Waals surface area contributed by atoms with E-state index in [-0.39, 0.29) is 28.9 Å². The van der Waals surface area contributed by atoms with Crippen LogP contribution in [0.3, 0.4) is 0 Å². The van der Waals surface area contributed by atoms with Gasteiger partial charge in [0.2, 0.25) is 0 Å². The molecule has 1 aromatic heterocycles. The van der Waals surface area contributed by atoms with E-state index in [1.807, 2.05) is 39.7 Å². The first kappa shape index (κ1) is 12.3. The van der Waals surface area contributed by atoms with Gasteiger partial charge in [-0.2, -0.15) is 0 Å². The van der Waals surface area contributed by atoms with Gasteiger partial charge in [-0.05, 0) is 41.7 Å². The lowest BCUT2D eigenvalue weighted by Gasteiger charge is -2.36. The van der Waals surface area contributed by atoms with Gasteiger partial charge in [-0.25, -0.2) is 23.5 Å². The van der Waals surface area contributed by atoms with E-state index >= 15 is 0 Å². The van der Waals surface area contributed by atoms with E-state index in [0.717, 1.165) is 6.61 Å². The second-order valence-corrected chi connectivity index (χ2v) is 8.18. The standard InChI is InChI=1S/C18H17N3O3/c1-24-7-18-11-9-10(11)15-13(18)12(18)14(9)20-16(22)19(17(23)21(15)20)8-5-3-2-4-6-8/h2-6,9-15H,7H2,1H3/t9-,10-,11?,12-,13-,14-,15-,18?/m0/s1. The molecule has 2 bridgehead atoms. The molecule has 0 radical (unpaired) electrons. The first-order valence-electron chi connectivity index (χ1n) is 8.74. The number of rotatable bonds is 3. The van der Waals surface area contributed by atoms with Crippen molar-refractivity contribution in [3.05, 3.63) is 51.3 Å². The van der Waals surface area contributed by atoms with Crippen molar-refractivity contribution in [2.24, 2.45) is 35.0 Å². The van der Waals surface area contributed by atoms with Crippen molar-refractivity contribution in [1.82, 2.24) is 13.9 Å². The molecule has 0 amide bonds. The minimum atomic E-state index is -0.163. The smallest absolute Gasteiger partial charge is 0.352 e. The third-order valence-electron chi connectivity index (χ3n) is 7.78. The minimum absolute atomic E-state index is 0.163. The lowest BCUT2D eigenvalue weighted by Crippen LogP contribution is -2.45. The Morgan fingerprint density at radius 1 is 0.958 bits per heavy atom. The summed E-state index contributed by atoms with van der Waals surface area (Å²) in [7, 11) is 1.77. The minimum Gasteiger partial charge on any atom is -0.384 e. The maximum Gasteiger partial charge on any atom is 0.352 e. The van der Waals surface area contributed by atoms with Crippen LogP contribution in [0.25, 0.3) is 5.69 Å². The quantitative estimate of drug-likeness (QED) is 0.834. The van der Waals surface area contributed by atoms with Crippen molar-refractivity contribution in [3.63, 3.8) is 0 Å². The summed E-state index contributed by atoms with van der Waals surface area (Å²) in [6.07, 6.45) is 0. The first-order chi connectivity index (χ1) is 11.7. The van der Waals surface area contributed by atoms with Crippen molar-refractivity contribution in [2.75, 3.05) is 13.7 Å². The van der Waals surface area contributed by atoms with Gasteiger partial charge in [-0.15, -0.1) is 0 Å². The van der Waals surface area contributed by atoms with Gasteiger partial charge in [0.15, 0.2) is 0 Å². The number of ether oxygens (including phenoxy) is 1. The van der Waals surface area contributed by atoms with Crippen LogP contribution >= 0.6 is 0 Å². The van der Waals surface area contributed by atoms with E-state index < -0.39 is 0 Å². The summed E-state index contributed by atoms with van der Waals surface area (Å²) >= 11 is 0. The lowest BCUT2D eigenvalue weighted by molar-refractivity contribution is 0.112. The van der Waals surface area contributed by atoms with Gasteiger partial charge in [0.1, 0.15) is 0 Å². The fourth-order valence-corrected chi connectivity index (χ4v) is 7.44. The molecule has 6 heteroatoms. The number of methoxy groups -OCH3 is 1. The molecular formula is C18H17N3O3. The van der Waals surface area contributed by atoms with Gasteiger partial charge < -0.3 is 4.74 Å². The van der Waals surface area contributed by atoms with Crippen LogP contribution in [-0.4, -0.2) is 27.6 Å². The highest BCUT2D eigenvalue weighted by Crippen LogP contribution is 2.97. The van der Waals surface area contributed by atoms with E-state index in [1.165, 1.54) is 4.57 Å². The zero-order valence-corrected chi connectivity index (χ0v) is 13.2. The zero-order chi connectivity index (χ0) is 16.0. The molecule has 4 aliphatic carbocycles. The van der Waals surface area contributed by atoms with E-state index in [0.29, 0.717) is 35.3 Å². The highest BCUT2D eigenvalue weighted by atomic mass is 16.5. The Hall–Kier alpha value is -2.08. The Morgan fingerprint density at radius 3 is 2.08 bits per heavy atom. The van der Waals surface area contributed by atoms with Crippen LogP contribution in [-0.2, 0) is 4.74 Å². The van der Waals surface area contributed by atoms with Crippen molar-refractivity contribution < 1.29 is 4.74 Å². The molecule has 4 saturated carbocycles. The summed E-state index contributed by atoms with van der Waals surface area (Å²) in [6, 6.07) is 9.72. The second-order valence-electron chi connectivity index (χ2n) is 8.18. The molecule has 0 saturated heterocycles. The Morgan fingerprint density at radius 2 is 1.54 bits per heavy atom. The number of aromatic nitrogens is 3. The van der Waals surface area contributed by atoms with Gasteiger partial charge in [-0.3, -0.25) is 0 Å². The van der Waals surface area contributed by atoms with Crippen LogP contribution in [0.5, 0.6) is 0 Å². The molecule has 3 heterocycles. The first-order valence-corrected chi connectivity index (χ1v) is 8.74. The fourth-order valence-electron chi connectivity index (χ4n) is 7.44. The molecule has 0 N–H and O–H groups in total. The van der Waals surface area contributed by atoms with Gasteiger partial charge >= 0.3 is 11.4 Å². The highest BCUT2D eigenvalue weighted by molar-refractivity contribution is 5.44. The SMILES string of the molecule is COCC12C3[C@@H]4[C@@H]3[C@H]3[C@@H]1[C@H]2[C@H]4n1c(=O)n(-c2ccccc2)c(=O)n13. The molecule has 6 aliphatic rings. The van der Waals surface area contributed by atoms with E-state index in [1.54, 1.807) is 7.11 Å². The van der Waals surface area contributed by atoms with Crippen molar-refractivity contribution in [3.8, 4) is 5.69 Å². The topological polar surface area (TPSA) is 58.2 Å². The van der Waals surface area contributed by atoms with Crippen LogP contribution in [0.15, 0.2) is 39.9 Å². The molecule has 2 aliphatic heterocycles. The van der Waals surface area contributed by atoms with E-state index in [2.05, 4.69) is 0 Å². The Bertz CT molecular complexity index is 977. The van der Waals surface area contributed by atoms with Gasteiger partial charge in [0.05, 0.1) is 24.4 Å². The molecule has 8 rings (SSSR count). The van der Waals surface area contributed by atoms with Crippen molar-refractivity contribution >= 4 is 0 Å². The summed E-state index contributed by atoms with van der Waals surface area (Å²) in [5, 5.41) is 0. The summed E-state index contributed by atoms with van der Waals surface area (Å²) in [5.74, 6) is 2.98. The van der Waals surface area contributed by atoms with E-state index in [4.69, 9.17) is 4.74 Å². The Balaban J connectivity index is 1.49. The Labute approximate surface area is 137 Å². The number of hydrogen-bond acceptors (Lipinski definition) is 3. The van der Waals surface area contributed by atoms with Gasteiger partial charge in [0.25, 0.3) is 0 Å². The highest BCUT2D eigenvalue weighted by Gasteiger charge is 2.97. The normalized spacial score (nSPS) is 47.0. The number of hydrogen-bond donors (Lipinski definition) is 0. The third kappa shape index (κ3) is 0.922. The molecule has 6 atom stereocenters. The molecule has 4 fully saturated rings. The second kappa shape index (κ2) is 3.33. The molecule has 0 spiro atoms. The molecular weight excluding hydrogens is 306 g/mol. The zero-order valence-electron chi connectivity index (χ0n) is 13.2. The summed E-state index contributed by atoms with van der Waals surface area (Å²) < 4.78 is 10.5. The average molecular weight is 323 g/mol. The molecule has 2 aromatic rings. The Kier molecular flexibility index (Phi) is 1.71. The lowest BCUT2D eigenvalue weighted by atomic mass is 9.89. The average Bonchev–Trinajstić information content (AvgIpc) is 3.41. The molecule has 24 heavy (non-hydrogen) atoms. The molecule has 1 aromatic carbocycles. The van der Waals surface area contributed by atoms with Gasteiger partial charge in [-0.1, -0.05) is 18.2 Å². The van der Waals surface area contributed by atoms with Crippen LogP contribution in [0.1, 0.15) is 12.1 Å². The van der Waals surface area contributed by atoms with Crippen molar-refractivity contribution in [2.45, 2.75) is 12.1 Å².